The van der Waals surface area contributed by atoms with E-state index in [1.54, 1.807) is 0 Å². The van der Waals surface area contributed by atoms with E-state index in [-0.39, 0.29) is 11.8 Å². The molecule has 2 aromatic rings. The Kier molecular flexibility index (Phi) is 19.9. The van der Waals surface area contributed by atoms with Crippen molar-refractivity contribution in [3.05, 3.63) is 16.8 Å². The number of nitrogens with zero attached hydrogens (tertiary/aromatic N) is 4. The molecule has 0 amide bonds. The van der Waals surface area contributed by atoms with E-state index in [1.807, 2.05) is 0 Å². The number of fused-ring (bicyclic) bond motifs is 3. The average Bonchev–Trinajstić information content (AvgIpc) is 3.60. The van der Waals surface area contributed by atoms with Crippen LogP contribution in [0.4, 0.5) is 11.6 Å². The van der Waals surface area contributed by atoms with Crippen LogP contribution in [0.2, 0.25) is 0 Å². The van der Waals surface area contributed by atoms with Crippen molar-refractivity contribution in [2.45, 2.75) is 194 Å². The Morgan fingerprint density at radius 2 is 1.02 bits per heavy atom. The zero-order valence-electron chi connectivity index (χ0n) is 30.5. The summed E-state index contributed by atoms with van der Waals surface area (Å²) in [6.45, 7) is 4.52. The largest absolute Gasteiger partial charge is 0.334 e. The highest BCUT2D eigenvalue weighted by Gasteiger charge is 2.27. The van der Waals surface area contributed by atoms with Crippen LogP contribution in [0.25, 0.3) is 11.4 Å². The normalized spacial score (nSPS) is 12.1. The fourth-order valence-corrected chi connectivity index (χ4v) is 6.78. The third-order valence-electron chi connectivity index (χ3n) is 9.77. The first kappa shape index (κ1) is 39.5. The van der Waals surface area contributed by atoms with Crippen LogP contribution in [0.15, 0.2) is 16.1 Å². The van der Waals surface area contributed by atoms with Gasteiger partial charge in [0, 0.05) is 12.8 Å². The van der Waals surface area contributed by atoms with Gasteiger partial charge in [0.1, 0.15) is 23.5 Å². The van der Waals surface area contributed by atoms with Crippen LogP contribution in [0.1, 0.15) is 203 Å². The lowest BCUT2D eigenvalue weighted by molar-refractivity contribution is 0.0890. The number of aliphatic imine (C=N–C) groups is 1. The van der Waals surface area contributed by atoms with E-state index in [9.17, 15) is 14.4 Å². The molecule has 0 atom stereocenters. The second-order valence-electron chi connectivity index (χ2n) is 14.0. The minimum Gasteiger partial charge on any atom is -0.330 e. The Bertz CT molecular complexity index is 1270. The van der Waals surface area contributed by atoms with Gasteiger partial charge in [0.05, 0.1) is 6.34 Å². The minimum atomic E-state index is -0.499. The van der Waals surface area contributed by atoms with Crippen molar-refractivity contribution in [3.8, 4) is 11.4 Å². The monoisotopic (exact) mass is 667 g/mol. The van der Waals surface area contributed by atoms with Crippen LogP contribution in [0, 0.1) is 0 Å². The fourth-order valence-electron chi connectivity index (χ4n) is 6.78. The van der Waals surface area contributed by atoms with Crippen molar-refractivity contribution < 1.29 is 9.59 Å². The van der Waals surface area contributed by atoms with Crippen molar-refractivity contribution >= 4 is 29.8 Å². The highest BCUT2D eigenvalue weighted by atomic mass is 16.2. The number of anilines is 1. The maximum Gasteiger partial charge on any atom is 0.334 e. The molecule has 3 rings (SSSR count). The summed E-state index contributed by atoms with van der Waals surface area (Å²) in [5.41, 5.74) is 0.286. The topological polar surface area (TPSA) is 114 Å². The number of H-pyrrole nitrogens is 1. The number of unbranched alkanes of at least 4 members (excludes halogenated alkanes) is 24. The fraction of sp³-hybridized carbons (Fsp3) is 0.769. The summed E-state index contributed by atoms with van der Waals surface area (Å²) in [4.78, 5) is 50.8. The second kappa shape index (κ2) is 24.2. The molecule has 2 aromatic heterocycles. The molecule has 9 nitrogen and oxygen atoms in total. The molecule has 9 heteroatoms. The Morgan fingerprint density at radius 1 is 0.604 bits per heavy atom. The third-order valence-corrected chi connectivity index (χ3v) is 9.77. The van der Waals surface area contributed by atoms with E-state index in [1.165, 1.54) is 146 Å². The Morgan fingerprint density at radius 3 is 1.48 bits per heavy atom. The van der Waals surface area contributed by atoms with Crippen LogP contribution in [0.5, 0.6) is 0 Å². The smallest absolute Gasteiger partial charge is 0.330 e. The van der Waals surface area contributed by atoms with E-state index < -0.39 is 5.69 Å². The molecule has 0 aromatic carbocycles. The van der Waals surface area contributed by atoms with Crippen molar-refractivity contribution in [1.29, 1.82) is 0 Å². The number of rotatable bonds is 28. The zero-order valence-corrected chi connectivity index (χ0v) is 30.5. The first-order chi connectivity index (χ1) is 23.6. The van der Waals surface area contributed by atoms with Gasteiger partial charge < -0.3 is 10.3 Å². The summed E-state index contributed by atoms with van der Waals surface area (Å²) in [6.07, 6.45) is 36.1. The number of carbonyl (C=O) groups excluding carboxylic acids is 2. The van der Waals surface area contributed by atoms with E-state index in [2.05, 4.69) is 34.1 Å². The molecule has 0 bridgehead atoms. The summed E-state index contributed by atoms with van der Waals surface area (Å²) < 4.78 is 2.62. The summed E-state index contributed by atoms with van der Waals surface area (Å²) >= 11 is 0. The standard InChI is InChI=1S/C39H66N6O3/c1-3-5-7-9-11-13-15-16-17-18-20-22-24-26-28-30-34(47)45-38-36(43-39(45)48)35-37(40-31-41-38)44(32-42-35)33(46)29-27-25-23-21-19-14-12-10-8-6-4-2/h31-32H,3-30H2,1-2H3,(H,40,41)(H,43,48). The molecule has 1 aliphatic rings. The predicted molar refractivity (Wildman–Crippen MR) is 200 cm³/mol. The van der Waals surface area contributed by atoms with Crippen molar-refractivity contribution in [1.82, 2.24) is 19.1 Å². The molecule has 48 heavy (non-hydrogen) atoms. The number of carbonyl (C=O) groups is 2. The lowest BCUT2D eigenvalue weighted by Gasteiger charge is -2.06. The zero-order chi connectivity index (χ0) is 34.2. The molecular weight excluding hydrogens is 600 g/mol. The molecule has 0 unspecified atom stereocenters. The molecular formula is C39H66N6O3. The number of imidazole rings is 2. The second-order valence-corrected chi connectivity index (χ2v) is 14.0. The lowest BCUT2D eigenvalue weighted by Crippen LogP contribution is -2.25. The first-order valence-corrected chi connectivity index (χ1v) is 19.9. The number of aromatic nitrogens is 4. The van der Waals surface area contributed by atoms with Gasteiger partial charge >= 0.3 is 5.69 Å². The van der Waals surface area contributed by atoms with Crippen LogP contribution in [-0.2, 0) is 0 Å². The average molecular weight is 667 g/mol. The SMILES string of the molecule is CCCCCCCCCCCCCCCCCC(=O)n1c2c([nH]c1=O)-c1ncn(C(=O)CCCCCCCCCCCCC)c1N=CN2. The van der Waals surface area contributed by atoms with Crippen LogP contribution >= 0.6 is 0 Å². The Balaban J connectivity index is 1.34. The van der Waals surface area contributed by atoms with Gasteiger partial charge in [-0.05, 0) is 12.8 Å². The first-order valence-electron chi connectivity index (χ1n) is 19.9. The molecule has 270 valence electrons. The Hall–Kier alpha value is -2.97. The van der Waals surface area contributed by atoms with Crippen molar-refractivity contribution in [2.24, 2.45) is 4.99 Å². The molecule has 0 spiro atoms. The minimum absolute atomic E-state index is 0.0636. The van der Waals surface area contributed by atoms with Crippen LogP contribution in [0.3, 0.4) is 0 Å². The van der Waals surface area contributed by atoms with E-state index in [0.29, 0.717) is 35.9 Å². The summed E-state index contributed by atoms with van der Waals surface area (Å²) in [5.74, 6) is 0.393. The van der Waals surface area contributed by atoms with E-state index in [4.69, 9.17) is 0 Å². The van der Waals surface area contributed by atoms with Crippen molar-refractivity contribution in [2.75, 3.05) is 5.32 Å². The highest BCUT2D eigenvalue weighted by Crippen LogP contribution is 2.34. The highest BCUT2D eigenvalue weighted by molar-refractivity contribution is 5.96. The van der Waals surface area contributed by atoms with Crippen LogP contribution < -0.4 is 11.0 Å². The number of hydrogen-bond donors (Lipinski definition) is 2. The van der Waals surface area contributed by atoms with Gasteiger partial charge in [-0.25, -0.2) is 19.3 Å². The third kappa shape index (κ3) is 13.9. The van der Waals surface area contributed by atoms with Gasteiger partial charge in [-0.2, -0.15) is 0 Å². The molecule has 3 heterocycles. The number of aromatic amines is 1. The molecule has 0 saturated carbocycles. The molecule has 1 aliphatic heterocycles. The predicted octanol–water partition coefficient (Wildman–Crippen LogP) is 11.4. The van der Waals surface area contributed by atoms with Gasteiger partial charge in [0.2, 0.25) is 11.8 Å². The van der Waals surface area contributed by atoms with Gasteiger partial charge in [0.25, 0.3) is 0 Å². The molecule has 0 aliphatic carbocycles. The molecule has 0 radical (unpaired) electrons. The van der Waals surface area contributed by atoms with Gasteiger partial charge in [-0.3, -0.25) is 14.2 Å². The van der Waals surface area contributed by atoms with Gasteiger partial charge in [0.15, 0.2) is 5.82 Å². The maximum atomic E-state index is 13.1. The lowest BCUT2D eigenvalue weighted by atomic mass is 10.0. The van der Waals surface area contributed by atoms with Crippen molar-refractivity contribution in [3.63, 3.8) is 0 Å². The summed E-state index contributed by atoms with van der Waals surface area (Å²) in [7, 11) is 0. The molecule has 0 saturated heterocycles. The summed E-state index contributed by atoms with van der Waals surface area (Å²) in [5, 5.41) is 2.99. The van der Waals surface area contributed by atoms with E-state index >= 15 is 0 Å². The summed E-state index contributed by atoms with van der Waals surface area (Å²) in [6, 6.07) is 0. The van der Waals surface area contributed by atoms with Crippen LogP contribution in [-0.4, -0.2) is 37.3 Å². The Labute approximate surface area is 290 Å². The molecule has 0 fully saturated rings. The molecule has 2 N–H and O–H groups in total. The number of nitrogens with one attached hydrogen (secondary N) is 2. The quantitative estimate of drug-likeness (QED) is 0.0877. The maximum absolute atomic E-state index is 13.1. The van der Waals surface area contributed by atoms with Gasteiger partial charge in [-0.1, -0.05) is 168 Å². The number of hydrogen-bond acceptors (Lipinski definition) is 6. The van der Waals surface area contributed by atoms with Gasteiger partial charge in [-0.15, -0.1) is 0 Å². The van der Waals surface area contributed by atoms with E-state index in [0.717, 1.165) is 43.1 Å².